The van der Waals surface area contributed by atoms with Gasteiger partial charge in [-0.25, -0.2) is 0 Å². The maximum Gasteiger partial charge on any atom is 0.0620 e. The predicted molar refractivity (Wildman–Crippen MR) is 72.9 cm³/mol. The highest BCUT2D eigenvalue weighted by atomic mass is 16.3. The standard InChI is InChI=1S/C16H30O/c1-3-4-13-5-7-14(8-6-13)15-9-11-16(2,17)12-10-15/h13-15,17H,3-12H2,1-2H3. The summed E-state index contributed by atoms with van der Waals surface area (Å²) in [6.45, 7) is 4.33. The van der Waals surface area contributed by atoms with Crippen LogP contribution in [0.4, 0.5) is 0 Å². The third-order valence-corrected chi connectivity index (χ3v) is 5.36. The average molecular weight is 238 g/mol. The van der Waals surface area contributed by atoms with Gasteiger partial charge in [0.05, 0.1) is 5.60 Å². The third kappa shape index (κ3) is 3.71. The van der Waals surface area contributed by atoms with E-state index in [-0.39, 0.29) is 5.60 Å². The van der Waals surface area contributed by atoms with Crippen molar-refractivity contribution in [2.24, 2.45) is 17.8 Å². The van der Waals surface area contributed by atoms with Crippen molar-refractivity contribution in [3.63, 3.8) is 0 Å². The number of aliphatic hydroxyl groups is 1. The highest BCUT2D eigenvalue weighted by Crippen LogP contribution is 2.42. The molecule has 100 valence electrons. The van der Waals surface area contributed by atoms with E-state index in [4.69, 9.17) is 0 Å². The molecule has 0 aliphatic heterocycles. The summed E-state index contributed by atoms with van der Waals surface area (Å²) in [6.07, 6.45) is 13.3. The summed E-state index contributed by atoms with van der Waals surface area (Å²) >= 11 is 0. The van der Waals surface area contributed by atoms with Crippen molar-refractivity contribution in [2.45, 2.75) is 83.7 Å². The van der Waals surface area contributed by atoms with Gasteiger partial charge in [0.25, 0.3) is 0 Å². The zero-order valence-electron chi connectivity index (χ0n) is 11.8. The normalized spacial score (nSPS) is 43.6. The predicted octanol–water partition coefficient (Wildman–Crippen LogP) is 4.53. The molecule has 0 aromatic rings. The van der Waals surface area contributed by atoms with E-state index in [0.29, 0.717) is 0 Å². The van der Waals surface area contributed by atoms with Gasteiger partial charge < -0.3 is 5.11 Å². The lowest BCUT2D eigenvalue weighted by Gasteiger charge is -2.40. The molecule has 1 N–H and O–H groups in total. The molecule has 0 unspecified atom stereocenters. The molecule has 0 amide bonds. The van der Waals surface area contributed by atoms with Crippen LogP contribution < -0.4 is 0 Å². The first-order valence-corrected chi connectivity index (χ1v) is 7.83. The number of hydrogen-bond donors (Lipinski definition) is 1. The van der Waals surface area contributed by atoms with Crippen molar-refractivity contribution in [3.8, 4) is 0 Å². The van der Waals surface area contributed by atoms with Crippen LogP contribution in [0.25, 0.3) is 0 Å². The second-order valence-electron chi connectivity index (χ2n) is 6.90. The van der Waals surface area contributed by atoms with E-state index in [1.165, 1.54) is 51.4 Å². The molecular formula is C16H30O. The maximum absolute atomic E-state index is 10.0. The molecule has 0 aromatic heterocycles. The summed E-state index contributed by atoms with van der Waals surface area (Å²) in [5.74, 6) is 2.94. The van der Waals surface area contributed by atoms with Crippen molar-refractivity contribution < 1.29 is 5.11 Å². The second-order valence-corrected chi connectivity index (χ2v) is 6.90. The van der Waals surface area contributed by atoms with Crippen LogP contribution in [0.2, 0.25) is 0 Å². The van der Waals surface area contributed by atoms with Gasteiger partial charge in [-0.2, -0.15) is 0 Å². The molecule has 0 bridgehead atoms. The lowest BCUT2D eigenvalue weighted by atomic mass is 9.68. The highest BCUT2D eigenvalue weighted by molar-refractivity contribution is 4.86. The van der Waals surface area contributed by atoms with E-state index in [9.17, 15) is 5.11 Å². The van der Waals surface area contributed by atoms with E-state index in [2.05, 4.69) is 6.92 Å². The van der Waals surface area contributed by atoms with Crippen molar-refractivity contribution in [1.82, 2.24) is 0 Å². The SMILES string of the molecule is CCCC1CCC(C2CCC(C)(O)CC2)CC1. The molecule has 0 aromatic carbocycles. The number of hydrogen-bond acceptors (Lipinski definition) is 1. The lowest BCUT2D eigenvalue weighted by Crippen LogP contribution is -2.34. The van der Waals surface area contributed by atoms with Crippen LogP contribution in [0.3, 0.4) is 0 Å². The molecule has 0 saturated heterocycles. The van der Waals surface area contributed by atoms with Crippen LogP contribution in [0, 0.1) is 17.8 Å². The van der Waals surface area contributed by atoms with Crippen LogP contribution in [0.1, 0.15) is 78.1 Å². The zero-order chi connectivity index (χ0) is 12.3. The van der Waals surface area contributed by atoms with Crippen molar-refractivity contribution in [2.75, 3.05) is 0 Å². The molecule has 2 fully saturated rings. The summed E-state index contributed by atoms with van der Waals surface area (Å²) in [5.41, 5.74) is -0.351. The average Bonchev–Trinajstić information content (AvgIpc) is 2.31. The molecule has 0 atom stereocenters. The van der Waals surface area contributed by atoms with Gasteiger partial charge in [-0.05, 0) is 63.2 Å². The van der Waals surface area contributed by atoms with E-state index in [1.807, 2.05) is 6.92 Å². The van der Waals surface area contributed by atoms with Crippen LogP contribution in [0.15, 0.2) is 0 Å². The largest absolute Gasteiger partial charge is 0.390 e. The van der Waals surface area contributed by atoms with Gasteiger partial charge in [0.15, 0.2) is 0 Å². The Labute approximate surface area is 107 Å². The van der Waals surface area contributed by atoms with E-state index in [1.54, 1.807) is 0 Å². The molecular weight excluding hydrogens is 208 g/mol. The fraction of sp³-hybridized carbons (Fsp3) is 1.00. The molecule has 2 saturated carbocycles. The van der Waals surface area contributed by atoms with E-state index < -0.39 is 0 Å². The first-order valence-electron chi connectivity index (χ1n) is 7.83. The van der Waals surface area contributed by atoms with Gasteiger partial charge >= 0.3 is 0 Å². The summed E-state index contributed by atoms with van der Waals surface area (Å²) in [6, 6.07) is 0. The topological polar surface area (TPSA) is 20.2 Å². The number of rotatable bonds is 3. The second kappa shape index (κ2) is 5.73. The van der Waals surface area contributed by atoms with Gasteiger partial charge in [-0.3, -0.25) is 0 Å². The molecule has 0 spiro atoms. The highest BCUT2D eigenvalue weighted by Gasteiger charge is 2.34. The zero-order valence-corrected chi connectivity index (χ0v) is 11.8. The summed E-state index contributed by atoms with van der Waals surface area (Å²) in [7, 11) is 0. The third-order valence-electron chi connectivity index (χ3n) is 5.36. The van der Waals surface area contributed by atoms with Gasteiger partial charge in [0.1, 0.15) is 0 Å². The fourth-order valence-corrected chi connectivity index (χ4v) is 4.09. The minimum Gasteiger partial charge on any atom is -0.390 e. The minimum atomic E-state index is -0.351. The summed E-state index contributed by atoms with van der Waals surface area (Å²) in [5, 5.41) is 10.0. The molecule has 0 heterocycles. The van der Waals surface area contributed by atoms with Crippen molar-refractivity contribution in [3.05, 3.63) is 0 Å². The molecule has 1 heteroatoms. The van der Waals surface area contributed by atoms with Crippen LogP contribution in [-0.2, 0) is 0 Å². The van der Waals surface area contributed by atoms with E-state index >= 15 is 0 Å². The molecule has 2 rings (SSSR count). The van der Waals surface area contributed by atoms with Crippen LogP contribution >= 0.6 is 0 Å². The minimum absolute atomic E-state index is 0.351. The van der Waals surface area contributed by atoms with Crippen molar-refractivity contribution in [1.29, 1.82) is 0 Å². The smallest absolute Gasteiger partial charge is 0.0620 e. The Balaban J connectivity index is 1.74. The first-order chi connectivity index (χ1) is 8.11. The van der Waals surface area contributed by atoms with Gasteiger partial charge in [-0.15, -0.1) is 0 Å². The Morgan fingerprint density at radius 2 is 1.47 bits per heavy atom. The Morgan fingerprint density at radius 3 is 2.00 bits per heavy atom. The van der Waals surface area contributed by atoms with Crippen LogP contribution in [0.5, 0.6) is 0 Å². The molecule has 17 heavy (non-hydrogen) atoms. The molecule has 0 radical (unpaired) electrons. The van der Waals surface area contributed by atoms with Crippen molar-refractivity contribution >= 4 is 0 Å². The quantitative estimate of drug-likeness (QED) is 0.765. The van der Waals surface area contributed by atoms with E-state index in [0.717, 1.165) is 30.6 Å². The molecule has 2 aliphatic carbocycles. The van der Waals surface area contributed by atoms with Gasteiger partial charge in [0, 0.05) is 0 Å². The maximum atomic E-state index is 10.0. The lowest BCUT2D eigenvalue weighted by molar-refractivity contribution is -0.00577. The Morgan fingerprint density at radius 1 is 0.941 bits per heavy atom. The Bertz CT molecular complexity index is 216. The van der Waals surface area contributed by atoms with Gasteiger partial charge in [0.2, 0.25) is 0 Å². The summed E-state index contributed by atoms with van der Waals surface area (Å²) in [4.78, 5) is 0. The fourth-order valence-electron chi connectivity index (χ4n) is 4.09. The Kier molecular flexibility index (Phi) is 4.52. The monoisotopic (exact) mass is 238 g/mol. The summed E-state index contributed by atoms with van der Waals surface area (Å²) < 4.78 is 0. The van der Waals surface area contributed by atoms with Crippen LogP contribution in [-0.4, -0.2) is 10.7 Å². The Hall–Kier alpha value is -0.0400. The first kappa shape index (κ1) is 13.4. The molecule has 1 nitrogen and oxygen atoms in total. The van der Waals surface area contributed by atoms with Gasteiger partial charge in [-0.1, -0.05) is 32.6 Å². The molecule has 2 aliphatic rings.